The lowest BCUT2D eigenvalue weighted by Gasteiger charge is -2.28. The van der Waals surface area contributed by atoms with Crippen LogP contribution in [0.2, 0.25) is 0 Å². The van der Waals surface area contributed by atoms with Gasteiger partial charge in [-0.25, -0.2) is 4.98 Å². The standard InChI is InChI=1S/C18H21N3OS.C11H18N2O/c1-13(17-4-3-9-21(17)12-22)19-10-15-5-7-16(8-6-15)18-14(2)20-11-23-18;1-8(10(2,3)4)13-9(14)11(7-12)5-6-11/h5-8,11-12,17,19H,1,3-4,9-10H2,2H3;8H,5-6H2,1-4H3,(H,13,14). The molecule has 1 aliphatic carbocycles. The second kappa shape index (κ2) is 11.9. The lowest BCUT2D eigenvalue weighted by Crippen LogP contribution is -2.44. The van der Waals surface area contributed by atoms with Crippen molar-refractivity contribution in [1.82, 2.24) is 20.5 Å². The summed E-state index contributed by atoms with van der Waals surface area (Å²) in [5, 5.41) is 15.1. The summed E-state index contributed by atoms with van der Waals surface area (Å²) < 4.78 is 0. The van der Waals surface area contributed by atoms with Gasteiger partial charge in [-0.1, -0.05) is 51.6 Å². The average molecular weight is 522 g/mol. The summed E-state index contributed by atoms with van der Waals surface area (Å²) in [7, 11) is 0. The number of nitrogens with one attached hydrogen (secondary N) is 2. The maximum absolute atomic E-state index is 11.7. The Morgan fingerprint density at radius 1 is 1.35 bits per heavy atom. The van der Waals surface area contributed by atoms with Gasteiger partial charge in [0.25, 0.3) is 0 Å². The Morgan fingerprint density at radius 3 is 2.54 bits per heavy atom. The van der Waals surface area contributed by atoms with Crippen molar-refractivity contribution in [2.24, 2.45) is 10.8 Å². The van der Waals surface area contributed by atoms with Crippen LogP contribution in [0.15, 0.2) is 42.1 Å². The van der Waals surface area contributed by atoms with E-state index in [0.717, 1.165) is 43.7 Å². The van der Waals surface area contributed by atoms with Crippen LogP contribution in [-0.2, 0) is 16.1 Å². The minimum atomic E-state index is -0.695. The largest absolute Gasteiger partial charge is 0.383 e. The molecule has 2 atom stereocenters. The van der Waals surface area contributed by atoms with Crippen molar-refractivity contribution in [1.29, 1.82) is 5.26 Å². The SMILES string of the molecule is C=C(NCc1ccc(-c2scnc2C)cc1)C1CCCN1C=O.CC(NC(=O)C1(C#N)CC1)C(C)(C)C. The Morgan fingerprint density at radius 2 is 2.03 bits per heavy atom. The number of rotatable bonds is 8. The predicted octanol–water partition coefficient (Wildman–Crippen LogP) is 5.18. The number of aryl methyl sites for hydroxylation is 1. The molecule has 1 saturated heterocycles. The summed E-state index contributed by atoms with van der Waals surface area (Å²) in [6.07, 6.45) is 4.40. The zero-order chi connectivity index (χ0) is 27.2. The zero-order valence-corrected chi connectivity index (χ0v) is 23.5. The van der Waals surface area contributed by atoms with E-state index in [2.05, 4.69) is 73.3 Å². The molecule has 1 aromatic carbocycles. The molecular weight excluding hydrogens is 482 g/mol. The molecular formula is C29H39N5O2S. The van der Waals surface area contributed by atoms with E-state index in [-0.39, 0.29) is 23.4 Å². The van der Waals surface area contributed by atoms with E-state index in [1.54, 1.807) is 11.3 Å². The third-order valence-corrected chi connectivity index (χ3v) is 8.34. The number of likely N-dealkylation sites (tertiary alicyclic amines) is 1. The summed E-state index contributed by atoms with van der Waals surface area (Å²) in [6, 6.07) is 10.8. The molecule has 7 nitrogen and oxygen atoms in total. The van der Waals surface area contributed by atoms with Crippen LogP contribution in [-0.4, -0.2) is 40.8 Å². The fraction of sp³-hybridized carbons (Fsp3) is 0.517. The summed E-state index contributed by atoms with van der Waals surface area (Å²) in [6.45, 7) is 15.9. The van der Waals surface area contributed by atoms with E-state index in [0.29, 0.717) is 12.8 Å². The summed E-state index contributed by atoms with van der Waals surface area (Å²) >= 11 is 1.67. The van der Waals surface area contributed by atoms with Crippen molar-refractivity contribution in [3.63, 3.8) is 0 Å². The van der Waals surface area contributed by atoms with E-state index in [9.17, 15) is 9.59 Å². The molecule has 2 unspecified atom stereocenters. The van der Waals surface area contributed by atoms with Crippen LogP contribution in [0.1, 0.15) is 64.6 Å². The number of hydrogen-bond donors (Lipinski definition) is 2. The van der Waals surface area contributed by atoms with Crippen LogP contribution in [0.3, 0.4) is 0 Å². The van der Waals surface area contributed by atoms with Gasteiger partial charge in [-0.2, -0.15) is 5.26 Å². The van der Waals surface area contributed by atoms with Gasteiger partial charge in [-0.05, 0) is 56.1 Å². The first-order chi connectivity index (χ1) is 17.5. The van der Waals surface area contributed by atoms with Gasteiger partial charge in [0.05, 0.1) is 28.2 Å². The molecule has 2 amide bonds. The Hall–Kier alpha value is -3.18. The zero-order valence-electron chi connectivity index (χ0n) is 22.6. The molecule has 2 aromatic rings. The van der Waals surface area contributed by atoms with Gasteiger partial charge in [-0.15, -0.1) is 11.3 Å². The summed E-state index contributed by atoms with van der Waals surface area (Å²) in [5.74, 6) is -0.0950. The number of amides is 2. The summed E-state index contributed by atoms with van der Waals surface area (Å²) in [4.78, 5) is 30.1. The monoisotopic (exact) mass is 521 g/mol. The lowest BCUT2D eigenvalue weighted by atomic mass is 9.87. The van der Waals surface area contributed by atoms with Crippen molar-refractivity contribution >= 4 is 23.7 Å². The molecule has 37 heavy (non-hydrogen) atoms. The van der Waals surface area contributed by atoms with Gasteiger partial charge in [0.1, 0.15) is 5.41 Å². The highest BCUT2D eigenvalue weighted by atomic mass is 32.1. The maximum atomic E-state index is 11.7. The molecule has 2 aliphatic rings. The van der Waals surface area contributed by atoms with Crippen molar-refractivity contribution < 1.29 is 9.59 Å². The van der Waals surface area contributed by atoms with E-state index in [1.165, 1.54) is 16.0 Å². The molecule has 4 rings (SSSR count). The molecule has 2 N–H and O–H groups in total. The van der Waals surface area contributed by atoms with Crippen molar-refractivity contribution in [3.8, 4) is 16.5 Å². The Balaban J connectivity index is 0.000000233. The van der Waals surface area contributed by atoms with Crippen molar-refractivity contribution in [2.45, 2.75) is 78.9 Å². The second-order valence-corrected chi connectivity index (χ2v) is 12.0. The third kappa shape index (κ3) is 7.20. The number of aromatic nitrogens is 1. The molecule has 198 valence electrons. The molecule has 1 aliphatic heterocycles. The topological polar surface area (TPSA) is 98.1 Å². The maximum Gasteiger partial charge on any atom is 0.240 e. The smallest absolute Gasteiger partial charge is 0.240 e. The van der Waals surface area contributed by atoms with Crippen LogP contribution < -0.4 is 10.6 Å². The van der Waals surface area contributed by atoms with Crippen LogP contribution in [0.4, 0.5) is 0 Å². The highest BCUT2D eigenvalue weighted by Gasteiger charge is 2.51. The quantitative estimate of drug-likeness (QED) is 0.466. The molecule has 2 fully saturated rings. The van der Waals surface area contributed by atoms with Gasteiger partial charge < -0.3 is 15.5 Å². The number of nitriles is 1. The Labute approximate surface area is 225 Å². The fourth-order valence-corrected chi connectivity index (χ4v) is 4.85. The van der Waals surface area contributed by atoms with Crippen LogP contribution in [0.25, 0.3) is 10.4 Å². The Bertz CT molecular complexity index is 1140. The van der Waals surface area contributed by atoms with Gasteiger partial charge in [0, 0.05) is 24.8 Å². The molecule has 0 radical (unpaired) electrons. The summed E-state index contributed by atoms with van der Waals surface area (Å²) in [5.41, 5.74) is 5.63. The highest BCUT2D eigenvalue weighted by molar-refractivity contribution is 7.13. The normalized spacial score (nSPS) is 18.6. The van der Waals surface area contributed by atoms with Gasteiger partial charge in [0.15, 0.2) is 0 Å². The lowest BCUT2D eigenvalue weighted by molar-refractivity contribution is -0.125. The fourth-order valence-electron chi connectivity index (χ4n) is 4.04. The van der Waals surface area contributed by atoms with E-state index in [1.807, 2.05) is 24.3 Å². The average Bonchev–Trinajstić information content (AvgIpc) is 3.32. The highest BCUT2D eigenvalue weighted by Crippen LogP contribution is 2.45. The molecule has 0 bridgehead atoms. The van der Waals surface area contributed by atoms with Gasteiger partial charge >= 0.3 is 0 Å². The first-order valence-electron chi connectivity index (χ1n) is 12.9. The van der Waals surface area contributed by atoms with Crippen molar-refractivity contribution in [2.75, 3.05) is 6.54 Å². The first-order valence-corrected chi connectivity index (χ1v) is 13.7. The molecule has 2 heterocycles. The number of hydrogen-bond acceptors (Lipinski definition) is 6. The minimum Gasteiger partial charge on any atom is -0.383 e. The van der Waals surface area contributed by atoms with E-state index in [4.69, 9.17) is 5.26 Å². The molecule has 1 aromatic heterocycles. The van der Waals surface area contributed by atoms with E-state index >= 15 is 0 Å². The van der Waals surface area contributed by atoms with Gasteiger partial charge in [-0.3, -0.25) is 9.59 Å². The van der Waals surface area contributed by atoms with Crippen molar-refractivity contribution in [3.05, 3.63) is 53.3 Å². The minimum absolute atomic E-state index is 0.0429. The second-order valence-electron chi connectivity index (χ2n) is 11.1. The molecule has 0 spiro atoms. The third-order valence-electron chi connectivity index (χ3n) is 7.36. The number of carbonyl (C=O) groups is 2. The molecule has 8 heteroatoms. The number of carbonyl (C=O) groups excluding carboxylic acids is 2. The molecule has 1 saturated carbocycles. The van der Waals surface area contributed by atoms with Crippen LogP contribution in [0.5, 0.6) is 0 Å². The van der Waals surface area contributed by atoms with Crippen LogP contribution in [0, 0.1) is 29.1 Å². The number of benzene rings is 1. The number of nitrogens with zero attached hydrogens (tertiary/aromatic N) is 3. The first kappa shape index (κ1) is 28.4. The Kier molecular flexibility index (Phi) is 9.14. The van der Waals surface area contributed by atoms with Crippen LogP contribution >= 0.6 is 11.3 Å². The van der Waals surface area contributed by atoms with Gasteiger partial charge in [0.2, 0.25) is 12.3 Å². The number of thiazole rings is 1. The predicted molar refractivity (Wildman–Crippen MR) is 148 cm³/mol. The van der Waals surface area contributed by atoms with E-state index < -0.39 is 5.41 Å².